The molecule has 1 N–H and O–H groups in total. The van der Waals surface area contributed by atoms with Crippen molar-refractivity contribution in [2.24, 2.45) is 0 Å². The van der Waals surface area contributed by atoms with Crippen LogP contribution in [0.4, 0.5) is 5.69 Å². The Kier molecular flexibility index (Phi) is 10.7. The molecule has 0 aliphatic carbocycles. The fourth-order valence-corrected chi connectivity index (χ4v) is 6.78. The normalized spacial score (nSPS) is 12.3. The number of hydrogen-bond acceptors (Lipinski definition) is 4. The molecule has 4 aromatic carbocycles. The predicted molar refractivity (Wildman–Crippen MR) is 181 cm³/mol. The minimum absolute atomic E-state index is 0.0359. The summed E-state index contributed by atoms with van der Waals surface area (Å²) >= 11 is 6.45. The van der Waals surface area contributed by atoms with Gasteiger partial charge in [-0.1, -0.05) is 96.0 Å². The van der Waals surface area contributed by atoms with E-state index >= 15 is 0 Å². The smallest absolute Gasteiger partial charge is 0.264 e. The molecule has 2 amide bonds. The summed E-state index contributed by atoms with van der Waals surface area (Å²) in [5.74, 6) is -0.857. The average molecular weight is 646 g/mol. The summed E-state index contributed by atoms with van der Waals surface area (Å²) in [4.78, 5) is 30.1. The van der Waals surface area contributed by atoms with E-state index in [4.69, 9.17) is 11.6 Å². The van der Waals surface area contributed by atoms with Gasteiger partial charge in [-0.3, -0.25) is 13.9 Å². The fourth-order valence-electron chi connectivity index (χ4n) is 5.11. The van der Waals surface area contributed by atoms with Crippen LogP contribution in [0.1, 0.15) is 43.0 Å². The Labute approximate surface area is 271 Å². The van der Waals surface area contributed by atoms with E-state index < -0.39 is 34.1 Å². The number of halogens is 1. The standard InChI is InChI=1S/C36H40ClN3O4S/c1-26-14-12-17-29(22-26)24-39(33(35(42)38-36(3,4)5)23-28-15-8-6-9-16-28)34(41)25-40(32-21-13-20-31(37)27(32)2)45(43,44)30-18-10-7-11-19-30/h6-22,33H,23-25H2,1-5H3,(H,38,42)/t33-/m0/s1. The maximum absolute atomic E-state index is 14.6. The second-order valence-corrected chi connectivity index (χ2v) is 14.4. The molecule has 0 bridgehead atoms. The second-order valence-electron chi connectivity index (χ2n) is 12.2. The van der Waals surface area contributed by atoms with Crippen LogP contribution in [0.15, 0.2) is 108 Å². The molecule has 0 saturated heterocycles. The van der Waals surface area contributed by atoms with E-state index in [1.165, 1.54) is 17.0 Å². The Hall–Kier alpha value is -4.14. The molecule has 0 saturated carbocycles. The second kappa shape index (κ2) is 14.3. The first kappa shape index (κ1) is 33.7. The van der Waals surface area contributed by atoms with Crippen LogP contribution in [0, 0.1) is 13.8 Å². The highest BCUT2D eigenvalue weighted by molar-refractivity contribution is 7.92. The summed E-state index contributed by atoms with van der Waals surface area (Å²) in [6.07, 6.45) is 0.238. The number of aryl methyl sites for hydroxylation is 1. The molecule has 0 heterocycles. The first-order valence-electron chi connectivity index (χ1n) is 14.8. The number of amides is 2. The molecule has 0 fully saturated rings. The van der Waals surface area contributed by atoms with Gasteiger partial charge in [-0.2, -0.15) is 0 Å². The van der Waals surface area contributed by atoms with E-state index in [2.05, 4.69) is 5.32 Å². The van der Waals surface area contributed by atoms with E-state index in [0.717, 1.165) is 21.0 Å². The van der Waals surface area contributed by atoms with Crippen LogP contribution >= 0.6 is 11.6 Å². The van der Waals surface area contributed by atoms with Gasteiger partial charge in [-0.05, 0) is 75.6 Å². The van der Waals surface area contributed by atoms with Gasteiger partial charge in [-0.25, -0.2) is 8.42 Å². The van der Waals surface area contributed by atoms with E-state index in [-0.39, 0.29) is 29.5 Å². The summed E-state index contributed by atoms with van der Waals surface area (Å²) in [6, 6.07) is 29.2. The molecule has 0 radical (unpaired) electrons. The third-order valence-corrected chi connectivity index (χ3v) is 9.51. The van der Waals surface area contributed by atoms with Gasteiger partial charge in [0, 0.05) is 23.5 Å². The van der Waals surface area contributed by atoms with Gasteiger partial charge in [0.25, 0.3) is 10.0 Å². The highest BCUT2D eigenvalue weighted by atomic mass is 35.5. The lowest BCUT2D eigenvalue weighted by molar-refractivity contribution is -0.140. The van der Waals surface area contributed by atoms with E-state index in [1.807, 2.05) is 82.3 Å². The molecular weight excluding hydrogens is 606 g/mol. The number of carbonyl (C=O) groups is 2. The van der Waals surface area contributed by atoms with E-state index in [0.29, 0.717) is 10.6 Å². The molecule has 7 nitrogen and oxygen atoms in total. The maximum Gasteiger partial charge on any atom is 0.264 e. The van der Waals surface area contributed by atoms with Gasteiger partial charge >= 0.3 is 0 Å². The largest absolute Gasteiger partial charge is 0.350 e. The highest BCUT2D eigenvalue weighted by Gasteiger charge is 2.36. The van der Waals surface area contributed by atoms with Crippen LogP contribution in [-0.2, 0) is 32.6 Å². The number of rotatable bonds is 11. The Balaban J connectivity index is 1.84. The van der Waals surface area contributed by atoms with Crippen molar-refractivity contribution >= 4 is 39.1 Å². The molecule has 0 unspecified atom stereocenters. The monoisotopic (exact) mass is 645 g/mol. The molecular formula is C36H40ClN3O4S. The topological polar surface area (TPSA) is 86.8 Å². The van der Waals surface area contributed by atoms with Crippen LogP contribution in [0.25, 0.3) is 0 Å². The van der Waals surface area contributed by atoms with Crippen molar-refractivity contribution in [1.29, 1.82) is 0 Å². The molecule has 236 valence electrons. The third kappa shape index (κ3) is 8.74. The van der Waals surface area contributed by atoms with Crippen LogP contribution < -0.4 is 9.62 Å². The summed E-state index contributed by atoms with van der Waals surface area (Å²) in [7, 11) is -4.21. The van der Waals surface area contributed by atoms with Crippen LogP contribution in [-0.4, -0.2) is 43.3 Å². The number of benzene rings is 4. The minimum atomic E-state index is -4.21. The zero-order valence-corrected chi connectivity index (χ0v) is 27.9. The number of nitrogens with one attached hydrogen (secondary N) is 1. The molecule has 45 heavy (non-hydrogen) atoms. The van der Waals surface area contributed by atoms with Gasteiger partial charge in [0.05, 0.1) is 10.6 Å². The average Bonchev–Trinajstić information content (AvgIpc) is 2.99. The number of hydrogen-bond donors (Lipinski definition) is 1. The van der Waals surface area contributed by atoms with Gasteiger partial charge < -0.3 is 10.2 Å². The van der Waals surface area contributed by atoms with E-state index in [1.54, 1.807) is 43.3 Å². The number of anilines is 1. The molecule has 0 aliphatic rings. The number of carbonyl (C=O) groups excluding carboxylic acids is 2. The summed E-state index contributed by atoms with van der Waals surface area (Å²) in [6.45, 7) is 8.88. The van der Waals surface area contributed by atoms with Crippen molar-refractivity contribution in [2.45, 2.75) is 64.1 Å². The lowest BCUT2D eigenvalue weighted by Crippen LogP contribution is -2.56. The molecule has 9 heteroatoms. The molecule has 0 aromatic heterocycles. The Morgan fingerprint density at radius 3 is 2.04 bits per heavy atom. The lowest BCUT2D eigenvalue weighted by atomic mass is 10.0. The zero-order chi connectivity index (χ0) is 32.8. The van der Waals surface area contributed by atoms with Crippen LogP contribution in [0.3, 0.4) is 0 Å². The SMILES string of the molecule is Cc1cccc(CN(C(=O)CN(c2cccc(Cl)c2C)S(=O)(=O)c2ccccc2)[C@@H](Cc2ccccc2)C(=O)NC(C)(C)C)c1. The Morgan fingerprint density at radius 1 is 0.822 bits per heavy atom. The van der Waals surface area contributed by atoms with Crippen molar-refractivity contribution in [2.75, 3.05) is 10.8 Å². The summed E-state index contributed by atoms with van der Waals surface area (Å²) < 4.78 is 29.4. The molecule has 0 spiro atoms. The zero-order valence-electron chi connectivity index (χ0n) is 26.3. The highest BCUT2D eigenvalue weighted by Crippen LogP contribution is 2.31. The van der Waals surface area contributed by atoms with Crippen LogP contribution in [0.5, 0.6) is 0 Å². The lowest BCUT2D eigenvalue weighted by Gasteiger charge is -2.35. The van der Waals surface area contributed by atoms with E-state index in [9.17, 15) is 18.0 Å². The predicted octanol–water partition coefficient (Wildman–Crippen LogP) is 6.71. The van der Waals surface area contributed by atoms with Gasteiger partial charge in [0.1, 0.15) is 12.6 Å². The van der Waals surface area contributed by atoms with Crippen molar-refractivity contribution in [3.8, 4) is 0 Å². The van der Waals surface area contributed by atoms with Crippen molar-refractivity contribution < 1.29 is 18.0 Å². The molecule has 0 aliphatic heterocycles. The van der Waals surface area contributed by atoms with Gasteiger partial charge in [-0.15, -0.1) is 0 Å². The van der Waals surface area contributed by atoms with Crippen molar-refractivity contribution in [3.63, 3.8) is 0 Å². The molecule has 1 atom stereocenters. The van der Waals surface area contributed by atoms with Crippen molar-refractivity contribution in [1.82, 2.24) is 10.2 Å². The molecule has 4 aromatic rings. The van der Waals surface area contributed by atoms with Gasteiger partial charge in [0.2, 0.25) is 11.8 Å². The first-order chi connectivity index (χ1) is 21.3. The minimum Gasteiger partial charge on any atom is -0.350 e. The maximum atomic E-state index is 14.6. The fraction of sp³-hybridized carbons (Fsp3) is 0.278. The molecule has 4 rings (SSSR count). The third-order valence-electron chi connectivity index (χ3n) is 7.32. The summed E-state index contributed by atoms with van der Waals surface area (Å²) in [5.41, 5.74) is 2.93. The summed E-state index contributed by atoms with van der Waals surface area (Å²) in [5, 5.41) is 3.42. The van der Waals surface area contributed by atoms with Gasteiger partial charge in [0.15, 0.2) is 0 Å². The van der Waals surface area contributed by atoms with Crippen molar-refractivity contribution in [3.05, 3.63) is 130 Å². The Morgan fingerprint density at radius 2 is 1.42 bits per heavy atom. The quantitative estimate of drug-likeness (QED) is 0.197. The number of sulfonamides is 1. The first-order valence-corrected chi connectivity index (χ1v) is 16.6. The van der Waals surface area contributed by atoms with Crippen LogP contribution in [0.2, 0.25) is 5.02 Å². The Bertz CT molecular complexity index is 1740. The number of nitrogens with zero attached hydrogens (tertiary/aromatic N) is 2.